The summed E-state index contributed by atoms with van der Waals surface area (Å²) in [5.74, 6) is 0. The van der Waals surface area contributed by atoms with E-state index in [1.165, 1.54) is 0 Å². The van der Waals surface area contributed by atoms with E-state index in [0.29, 0.717) is 0 Å². The first-order valence-corrected chi connectivity index (χ1v) is 6.11. The SMILES string of the molecule is OCc1cccnc1-c1nc2ccccc2s1. The first kappa shape index (κ1) is 10.4. The van der Waals surface area contributed by atoms with Crippen molar-refractivity contribution in [3.63, 3.8) is 0 Å². The second-order valence-electron chi connectivity index (χ2n) is 3.66. The molecule has 0 saturated carbocycles. The zero-order chi connectivity index (χ0) is 11.7. The lowest BCUT2D eigenvalue weighted by Crippen LogP contribution is -1.91. The molecule has 0 unspecified atom stereocenters. The van der Waals surface area contributed by atoms with Crippen molar-refractivity contribution in [1.29, 1.82) is 0 Å². The summed E-state index contributed by atoms with van der Waals surface area (Å²) in [4.78, 5) is 8.84. The molecule has 0 radical (unpaired) electrons. The number of nitrogens with zero attached hydrogens (tertiary/aromatic N) is 2. The number of aromatic nitrogens is 2. The smallest absolute Gasteiger partial charge is 0.143 e. The Kier molecular flexibility index (Phi) is 2.59. The molecule has 0 amide bonds. The van der Waals surface area contributed by atoms with Crippen LogP contribution in [0.25, 0.3) is 20.9 Å². The van der Waals surface area contributed by atoms with Crippen molar-refractivity contribution >= 4 is 21.6 Å². The molecule has 3 nitrogen and oxygen atoms in total. The molecule has 1 aromatic carbocycles. The minimum atomic E-state index is -0.0148. The molecule has 17 heavy (non-hydrogen) atoms. The first-order chi connectivity index (χ1) is 8.38. The minimum absolute atomic E-state index is 0.0148. The number of pyridine rings is 1. The molecule has 3 rings (SSSR count). The summed E-state index contributed by atoms with van der Waals surface area (Å²) in [6.07, 6.45) is 1.72. The average molecular weight is 242 g/mol. The average Bonchev–Trinajstić information content (AvgIpc) is 2.82. The lowest BCUT2D eigenvalue weighted by atomic mass is 10.2. The van der Waals surface area contributed by atoms with Crippen LogP contribution in [-0.4, -0.2) is 15.1 Å². The zero-order valence-corrected chi connectivity index (χ0v) is 9.81. The summed E-state index contributed by atoms with van der Waals surface area (Å²) >= 11 is 1.60. The fourth-order valence-electron chi connectivity index (χ4n) is 1.73. The van der Waals surface area contributed by atoms with E-state index in [-0.39, 0.29) is 6.61 Å². The highest BCUT2D eigenvalue weighted by atomic mass is 32.1. The fraction of sp³-hybridized carbons (Fsp3) is 0.0769. The maximum atomic E-state index is 9.29. The van der Waals surface area contributed by atoms with Gasteiger partial charge in [0.25, 0.3) is 0 Å². The van der Waals surface area contributed by atoms with E-state index in [2.05, 4.69) is 9.97 Å². The van der Waals surface area contributed by atoms with Crippen molar-refractivity contribution in [1.82, 2.24) is 9.97 Å². The molecule has 0 spiro atoms. The molecule has 1 N–H and O–H groups in total. The highest BCUT2D eigenvalue weighted by Gasteiger charge is 2.10. The quantitative estimate of drug-likeness (QED) is 0.751. The van der Waals surface area contributed by atoms with Gasteiger partial charge < -0.3 is 5.11 Å². The Balaban J connectivity index is 2.20. The molecule has 0 atom stereocenters. The van der Waals surface area contributed by atoms with Crippen molar-refractivity contribution in [2.24, 2.45) is 0 Å². The fourth-order valence-corrected chi connectivity index (χ4v) is 2.73. The van der Waals surface area contributed by atoms with Crippen molar-refractivity contribution in [3.05, 3.63) is 48.2 Å². The molecular weight excluding hydrogens is 232 g/mol. The van der Waals surface area contributed by atoms with Crippen LogP contribution in [0.5, 0.6) is 0 Å². The Morgan fingerprint density at radius 3 is 2.82 bits per heavy atom. The van der Waals surface area contributed by atoms with Gasteiger partial charge in [-0.3, -0.25) is 4.98 Å². The molecule has 2 heterocycles. The van der Waals surface area contributed by atoms with Crippen molar-refractivity contribution < 1.29 is 5.11 Å². The van der Waals surface area contributed by atoms with E-state index in [1.54, 1.807) is 17.5 Å². The number of hydrogen-bond acceptors (Lipinski definition) is 4. The van der Waals surface area contributed by atoms with E-state index in [9.17, 15) is 5.11 Å². The standard InChI is InChI=1S/C13H10N2OS/c16-8-9-4-3-7-14-12(9)13-15-10-5-1-2-6-11(10)17-13/h1-7,16H,8H2. The van der Waals surface area contributed by atoms with Crippen LogP contribution in [0.4, 0.5) is 0 Å². The molecule has 3 aromatic rings. The van der Waals surface area contributed by atoms with Crippen LogP contribution < -0.4 is 0 Å². The number of thiazole rings is 1. The lowest BCUT2D eigenvalue weighted by Gasteiger charge is -2.01. The molecule has 0 aliphatic rings. The number of aliphatic hydroxyl groups is 1. The van der Waals surface area contributed by atoms with Crippen LogP contribution in [0.1, 0.15) is 5.56 Å². The summed E-state index contributed by atoms with van der Waals surface area (Å²) in [6.45, 7) is -0.0148. The molecule has 0 bridgehead atoms. The van der Waals surface area contributed by atoms with Gasteiger partial charge in [-0.15, -0.1) is 11.3 Å². The second kappa shape index (κ2) is 4.24. The van der Waals surface area contributed by atoms with Gasteiger partial charge in [0.2, 0.25) is 0 Å². The number of fused-ring (bicyclic) bond motifs is 1. The Morgan fingerprint density at radius 2 is 2.00 bits per heavy atom. The molecule has 0 aliphatic carbocycles. The highest BCUT2D eigenvalue weighted by Crippen LogP contribution is 2.30. The van der Waals surface area contributed by atoms with E-state index in [0.717, 1.165) is 26.5 Å². The number of aliphatic hydroxyl groups excluding tert-OH is 1. The van der Waals surface area contributed by atoms with Crippen LogP contribution in [-0.2, 0) is 6.61 Å². The van der Waals surface area contributed by atoms with Crippen LogP contribution in [0.3, 0.4) is 0 Å². The van der Waals surface area contributed by atoms with Gasteiger partial charge in [-0.2, -0.15) is 0 Å². The summed E-state index contributed by atoms with van der Waals surface area (Å²) < 4.78 is 1.14. The zero-order valence-electron chi connectivity index (χ0n) is 9.00. The van der Waals surface area contributed by atoms with Gasteiger partial charge >= 0.3 is 0 Å². The summed E-state index contributed by atoms with van der Waals surface area (Å²) in [6, 6.07) is 11.7. The van der Waals surface area contributed by atoms with Crippen LogP contribution in [0.2, 0.25) is 0 Å². The molecular formula is C13H10N2OS. The van der Waals surface area contributed by atoms with Crippen molar-refractivity contribution in [3.8, 4) is 10.7 Å². The lowest BCUT2D eigenvalue weighted by molar-refractivity contribution is 0.282. The molecule has 84 valence electrons. The number of rotatable bonds is 2. The van der Waals surface area contributed by atoms with Crippen LogP contribution in [0.15, 0.2) is 42.6 Å². The van der Waals surface area contributed by atoms with Crippen molar-refractivity contribution in [2.75, 3.05) is 0 Å². The Hall–Kier alpha value is -1.78. The molecule has 2 aromatic heterocycles. The summed E-state index contributed by atoms with van der Waals surface area (Å²) in [5.41, 5.74) is 2.56. The van der Waals surface area contributed by atoms with Gasteiger partial charge in [0.05, 0.1) is 16.8 Å². The molecule has 4 heteroatoms. The summed E-state index contributed by atoms with van der Waals surface area (Å²) in [7, 11) is 0. The van der Waals surface area contributed by atoms with E-state index in [4.69, 9.17) is 0 Å². The molecule has 0 fully saturated rings. The van der Waals surface area contributed by atoms with Gasteiger partial charge in [-0.05, 0) is 18.2 Å². The maximum Gasteiger partial charge on any atom is 0.143 e. The van der Waals surface area contributed by atoms with Gasteiger partial charge in [-0.1, -0.05) is 18.2 Å². The van der Waals surface area contributed by atoms with E-state index >= 15 is 0 Å². The second-order valence-corrected chi connectivity index (χ2v) is 4.69. The predicted molar refractivity (Wildman–Crippen MR) is 68.8 cm³/mol. The predicted octanol–water partition coefficient (Wildman–Crippen LogP) is 2.85. The van der Waals surface area contributed by atoms with Gasteiger partial charge in [0.15, 0.2) is 0 Å². The first-order valence-electron chi connectivity index (χ1n) is 5.29. The topological polar surface area (TPSA) is 46.0 Å². The third-order valence-electron chi connectivity index (χ3n) is 2.56. The van der Waals surface area contributed by atoms with Crippen molar-refractivity contribution in [2.45, 2.75) is 6.61 Å². The number of para-hydroxylation sites is 1. The Morgan fingerprint density at radius 1 is 1.12 bits per heavy atom. The summed E-state index contributed by atoms with van der Waals surface area (Å²) in [5, 5.41) is 10.1. The van der Waals surface area contributed by atoms with E-state index < -0.39 is 0 Å². The van der Waals surface area contributed by atoms with Gasteiger partial charge in [0, 0.05) is 11.8 Å². The molecule has 0 saturated heterocycles. The minimum Gasteiger partial charge on any atom is -0.392 e. The Bertz CT molecular complexity index is 630. The van der Waals surface area contributed by atoms with Crippen LogP contribution >= 0.6 is 11.3 Å². The van der Waals surface area contributed by atoms with Gasteiger partial charge in [0.1, 0.15) is 10.7 Å². The maximum absolute atomic E-state index is 9.29. The third-order valence-corrected chi connectivity index (χ3v) is 3.60. The Labute approximate surface area is 102 Å². The monoisotopic (exact) mass is 242 g/mol. The molecule has 0 aliphatic heterocycles. The van der Waals surface area contributed by atoms with E-state index in [1.807, 2.05) is 36.4 Å². The normalized spacial score (nSPS) is 10.9. The van der Waals surface area contributed by atoms with Gasteiger partial charge in [-0.25, -0.2) is 4.98 Å². The number of hydrogen-bond donors (Lipinski definition) is 1. The van der Waals surface area contributed by atoms with Crippen LogP contribution in [0, 0.1) is 0 Å². The third kappa shape index (κ3) is 1.81. The highest BCUT2D eigenvalue weighted by molar-refractivity contribution is 7.21. The number of benzene rings is 1. The largest absolute Gasteiger partial charge is 0.392 e.